The van der Waals surface area contributed by atoms with Crippen LogP contribution in [0.4, 0.5) is 0 Å². The second-order valence-corrected chi connectivity index (χ2v) is 12.8. The number of carbonyl (C=O) groups excluding carboxylic acids is 1. The van der Waals surface area contributed by atoms with Crippen LogP contribution in [-0.4, -0.2) is 48.5 Å². The molecule has 1 heterocycles. The molecule has 1 aliphatic rings. The van der Waals surface area contributed by atoms with Gasteiger partial charge in [-0.1, -0.05) is 91.3 Å². The van der Waals surface area contributed by atoms with E-state index < -0.39 is 0 Å². The molecule has 0 aliphatic carbocycles. The molecule has 0 bridgehead atoms. The van der Waals surface area contributed by atoms with Crippen LogP contribution in [-0.2, 0) is 22.2 Å². The van der Waals surface area contributed by atoms with Crippen molar-refractivity contribution in [2.75, 3.05) is 32.8 Å². The molecule has 4 nitrogen and oxygen atoms in total. The van der Waals surface area contributed by atoms with Crippen LogP contribution >= 0.6 is 11.6 Å². The number of piperazine rings is 1. The Hall–Kier alpha value is -2.04. The first-order valence-electron chi connectivity index (χ1n) is 13.4. The normalized spacial score (nSPS) is 16.2. The number of rotatable bonds is 7. The van der Waals surface area contributed by atoms with Crippen LogP contribution in [0.3, 0.4) is 0 Å². The van der Waals surface area contributed by atoms with E-state index in [1.54, 1.807) is 0 Å². The van der Waals surface area contributed by atoms with Crippen LogP contribution < -0.4 is 4.74 Å². The Morgan fingerprint density at radius 1 is 0.944 bits per heavy atom. The second-order valence-electron chi connectivity index (χ2n) is 12.3. The molecule has 2 aromatic carbocycles. The molecule has 1 atom stereocenters. The number of halogens is 1. The molecule has 0 spiro atoms. The Kier molecular flexibility index (Phi) is 9.16. The Balaban J connectivity index is 1.71. The van der Waals surface area contributed by atoms with Crippen molar-refractivity contribution >= 4 is 17.5 Å². The summed E-state index contributed by atoms with van der Waals surface area (Å²) in [5.74, 6) is 1.43. The summed E-state index contributed by atoms with van der Waals surface area (Å²) in [5.41, 5.74) is 4.79. The third-order valence-electron chi connectivity index (χ3n) is 7.29. The largest absolute Gasteiger partial charge is 0.483 e. The van der Waals surface area contributed by atoms with E-state index in [1.807, 2.05) is 17.0 Å². The summed E-state index contributed by atoms with van der Waals surface area (Å²) in [4.78, 5) is 17.5. The lowest BCUT2D eigenvalue weighted by Gasteiger charge is -2.35. The van der Waals surface area contributed by atoms with E-state index >= 15 is 0 Å². The van der Waals surface area contributed by atoms with Crippen molar-refractivity contribution in [3.8, 4) is 5.75 Å². The van der Waals surface area contributed by atoms with Gasteiger partial charge in [0, 0.05) is 48.9 Å². The van der Waals surface area contributed by atoms with E-state index in [2.05, 4.69) is 84.6 Å². The molecule has 1 fully saturated rings. The molecule has 1 unspecified atom stereocenters. The van der Waals surface area contributed by atoms with Crippen molar-refractivity contribution in [3.05, 3.63) is 63.7 Å². The Labute approximate surface area is 224 Å². The lowest BCUT2D eigenvalue weighted by atomic mass is 9.77. The van der Waals surface area contributed by atoms with E-state index in [9.17, 15) is 4.79 Å². The maximum absolute atomic E-state index is 13.2. The number of benzene rings is 2. The molecule has 0 N–H and O–H groups in total. The zero-order chi connectivity index (χ0) is 26.7. The minimum Gasteiger partial charge on any atom is -0.483 e. The van der Waals surface area contributed by atoms with Gasteiger partial charge in [0.25, 0.3) is 5.91 Å². The predicted molar refractivity (Wildman–Crippen MR) is 151 cm³/mol. The van der Waals surface area contributed by atoms with E-state index in [4.69, 9.17) is 16.3 Å². The van der Waals surface area contributed by atoms with Gasteiger partial charge in [-0.2, -0.15) is 0 Å². The topological polar surface area (TPSA) is 32.8 Å². The van der Waals surface area contributed by atoms with Gasteiger partial charge in [0.2, 0.25) is 0 Å². The highest BCUT2D eigenvalue weighted by Gasteiger charge is 2.30. The monoisotopic (exact) mass is 512 g/mol. The fourth-order valence-electron chi connectivity index (χ4n) is 4.67. The Morgan fingerprint density at radius 3 is 1.94 bits per heavy atom. The summed E-state index contributed by atoms with van der Waals surface area (Å²) < 4.78 is 6.42. The fraction of sp³-hybridized carbons (Fsp3) is 0.581. The van der Waals surface area contributed by atoms with Crippen LogP contribution in [0.2, 0.25) is 5.02 Å². The molecule has 5 heteroatoms. The highest BCUT2D eigenvalue weighted by atomic mass is 35.5. The molecule has 0 saturated carbocycles. The predicted octanol–water partition coefficient (Wildman–Crippen LogP) is 7.17. The average Bonchev–Trinajstić information content (AvgIpc) is 2.82. The number of ether oxygens (including phenoxy) is 1. The third kappa shape index (κ3) is 7.26. The van der Waals surface area contributed by atoms with Crippen LogP contribution in [0.5, 0.6) is 5.75 Å². The Morgan fingerprint density at radius 2 is 1.47 bits per heavy atom. The molecule has 0 radical (unpaired) electrons. The van der Waals surface area contributed by atoms with Gasteiger partial charge < -0.3 is 9.64 Å². The number of nitrogens with zero attached hydrogens (tertiary/aromatic N) is 2. The molecular weight excluding hydrogens is 468 g/mol. The van der Waals surface area contributed by atoms with Crippen molar-refractivity contribution < 1.29 is 9.53 Å². The Bertz CT molecular complexity index is 991. The minimum atomic E-state index is -0.0882. The minimum absolute atomic E-state index is 0.0619. The van der Waals surface area contributed by atoms with Crippen molar-refractivity contribution in [2.45, 2.75) is 85.1 Å². The SMILES string of the molecule is CCC(C)c1cc(C(C)(C)C)c(OCC(=O)N2CCN(Cc3ccc(Cl)cc3)CC2)c(C(C)(C)C)c1. The van der Waals surface area contributed by atoms with Crippen LogP contribution in [0.15, 0.2) is 36.4 Å². The van der Waals surface area contributed by atoms with Gasteiger partial charge in [-0.05, 0) is 46.4 Å². The standard InChI is InChI=1S/C31H45ClN2O2/c1-9-22(2)24-18-26(30(3,4)5)29(27(19-24)31(6,7)8)36-21-28(35)34-16-14-33(15-17-34)20-23-10-12-25(32)13-11-23/h10-13,18-19,22H,9,14-17,20-21H2,1-8H3. The molecule has 36 heavy (non-hydrogen) atoms. The summed E-state index contributed by atoms with van der Waals surface area (Å²) in [6.07, 6.45) is 1.09. The molecule has 1 amide bonds. The van der Waals surface area contributed by atoms with Gasteiger partial charge in [-0.3, -0.25) is 9.69 Å². The number of amides is 1. The lowest BCUT2D eigenvalue weighted by Crippen LogP contribution is -2.49. The second kappa shape index (κ2) is 11.6. The zero-order valence-electron chi connectivity index (χ0n) is 23.6. The summed E-state index contributed by atoms with van der Waals surface area (Å²) >= 11 is 6.01. The molecule has 1 saturated heterocycles. The van der Waals surface area contributed by atoms with Crippen LogP contribution in [0, 0.1) is 0 Å². The zero-order valence-corrected chi connectivity index (χ0v) is 24.3. The number of hydrogen-bond acceptors (Lipinski definition) is 3. The van der Waals surface area contributed by atoms with Crippen molar-refractivity contribution in [1.82, 2.24) is 9.80 Å². The molecule has 198 valence electrons. The van der Waals surface area contributed by atoms with E-state index in [-0.39, 0.29) is 23.3 Å². The highest BCUT2D eigenvalue weighted by Crippen LogP contribution is 2.42. The summed E-state index contributed by atoms with van der Waals surface area (Å²) in [5, 5.41) is 0.757. The number of hydrogen-bond donors (Lipinski definition) is 0. The van der Waals surface area contributed by atoms with Crippen molar-refractivity contribution in [3.63, 3.8) is 0 Å². The van der Waals surface area contributed by atoms with Gasteiger partial charge in [-0.25, -0.2) is 0 Å². The van der Waals surface area contributed by atoms with E-state index in [0.717, 1.165) is 49.9 Å². The average molecular weight is 513 g/mol. The third-order valence-corrected chi connectivity index (χ3v) is 7.55. The van der Waals surface area contributed by atoms with Crippen molar-refractivity contribution in [2.24, 2.45) is 0 Å². The first-order valence-corrected chi connectivity index (χ1v) is 13.7. The van der Waals surface area contributed by atoms with E-state index in [0.29, 0.717) is 5.92 Å². The maximum Gasteiger partial charge on any atom is 0.260 e. The molecular formula is C31H45ClN2O2. The smallest absolute Gasteiger partial charge is 0.260 e. The van der Waals surface area contributed by atoms with Gasteiger partial charge in [0.15, 0.2) is 6.61 Å². The van der Waals surface area contributed by atoms with E-state index in [1.165, 1.54) is 22.3 Å². The molecule has 1 aliphatic heterocycles. The van der Waals surface area contributed by atoms with Gasteiger partial charge in [0.1, 0.15) is 5.75 Å². The maximum atomic E-state index is 13.2. The van der Waals surface area contributed by atoms with Gasteiger partial charge in [0.05, 0.1) is 0 Å². The first-order chi connectivity index (χ1) is 16.8. The van der Waals surface area contributed by atoms with Crippen molar-refractivity contribution in [1.29, 1.82) is 0 Å². The summed E-state index contributed by atoms with van der Waals surface area (Å²) in [6.45, 7) is 22.0. The lowest BCUT2D eigenvalue weighted by molar-refractivity contribution is -0.135. The highest BCUT2D eigenvalue weighted by molar-refractivity contribution is 6.30. The quantitative estimate of drug-likeness (QED) is 0.394. The van der Waals surface area contributed by atoms with Crippen LogP contribution in [0.1, 0.15) is 90.0 Å². The van der Waals surface area contributed by atoms with Gasteiger partial charge in [-0.15, -0.1) is 0 Å². The fourth-order valence-corrected chi connectivity index (χ4v) is 4.80. The molecule has 0 aromatic heterocycles. The summed E-state index contributed by atoms with van der Waals surface area (Å²) in [6, 6.07) is 12.6. The number of carbonyl (C=O) groups is 1. The first kappa shape index (κ1) is 28.5. The van der Waals surface area contributed by atoms with Gasteiger partial charge >= 0.3 is 0 Å². The van der Waals surface area contributed by atoms with Crippen LogP contribution in [0.25, 0.3) is 0 Å². The molecule has 3 rings (SSSR count). The summed E-state index contributed by atoms with van der Waals surface area (Å²) in [7, 11) is 0. The molecule has 2 aromatic rings.